The van der Waals surface area contributed by atoms with Crippen LogP contribution in [-0.4, -0.2) is 80.6 Å². The average molecular weight is 845 g/mol. The van der Waals surface area contributed by atoms with Crippen molar-refractivity contribution >= 4 is 17.9 Å². The van der Waals surface area contributed by atoms with E-state index < -0.39 is 18.1 Å². The summed E-state index contributed by atoms with van der Waals surface area (Å²) >= 11 is 0. The minimum atomic E-state index is -0.875. The molecule has 0 aliphatic heterocycles. The van der Waals surface area contributed by atoms with Crippen molar-refractivity contribution in [2.75, 3.05) is 41.0 Å². The van der Waals surface area contributed by atoms with Crippen molar-refractivity contribution in [2.24, 2.45) is 0 Å². The number of unbranched alkanes of at least 4 members (excludes halogenated alkanes) is 22. The lowest BCUT2D eigenvalue weighted by molar-refractivity contribution is -0.887. The second kappa shape index (κ2) is 43.0. The molecule has 0 aromatic rings. The molecule has 0 rings (SSSR count). The van der Waals surface area contributed by atoms with E-state index in [2.05, 4.69) is 62.5 Å². The van der Waals surface area contributed by atoms with Gasteiger partial charge < -0.3 is 23.8 Å². The highest BCUT2D eigenvalue weighted by Crippen LogP contribution is 2.16. The Bertz CT molecular complexity index is 1120. The lowest BCUT2D eigenvalue weighted by atomic mass is 10.0. The molecule has 60 heavy (non-hydrogen) atoms. The Balaban J connectivity index is 4.27. The Kier molecular flexibility index (Phi) is 41.0. The van der Waals surface area contributed by atoms with E-state index >= 15 is 0 Å². The zero-order chi connectivity index (χ0) is 44.2. The first-order valence-corrected chi connectivity index (χ1v) is 24.7. The zero-order valence-corrected chi connectivity index (χ0v) is 39.7. The third-order valence-electron chi connectivity index (χ3n) is 11.0. The summed E-state index contributed by atoms with van der Waals surface area (Å²) in [5.74, 6) is -1.47. The van der Waals surface area contributed by atoms with Gasteiger partial charge in [0.25, 0.3) is 0 Å². The van der Waals surface area contributed by atoms with Crippen LogP contribution < -0.4 is 0 Å². The van der Waals surface area contributed by atoms with E-state index in [1.807, 2.05) is 21.1 Å². The van der Waals surface area contributed by atoms with Gasteiger partial charge in [0.05, 0.1) is 34.4 Å². The summed E-state index contributed by atoms with van der Waals surface area (Å²) in [5.41, 5.74) is 0. The molecule has 8 nitrogen and oxygen atoms in total. The lowest BCUT2D eigenvalue weighted by Gasteiger charge is -2.31. The Morgan fingerprint density at radius 3 is 1.38 bits per heavy atom. The topological polar surface area (TPSA) is 99.1 Å². The molecule has 0 aliphatic rings. The van der Waals surface area contributed by atoms with Crippen LogP contribution in [0.4, 0.5) is 0 Å². The van der Waals surface area contributed by atoms with Crippen LogP contribution >= 0.6 is 0 Å². The number of carboxylic acids is 1. The van der Waals surface area contributed by atoms with E-state index in [1.165, 1.54) is 109 Å². The first-order chi connectivity index (χ1) is 29.1. The Morgan fingerprint density at radius 2 is 0.933 bits per heavy atom. The number of allylic oxidation sites excluding steroid dienone is 8. The summed E-state index contributed by atoms with van der Waals surface area (Å²) in [6.07, 6.45) is 51.5. The van der Waals surface area contributed by atoms with Gasteiger partial charge in [-0.3, -0.25) is 9.59 Å². The maximum Gasteiger partial charge on any atom is 0.362 e. The van der Waals surface area contributed by atoms with Gasteiger partial charge in [0.2, 0.25) is 0 Å². The van der Waals surface area contributed by atoms with Crippen molar-refractivity contribution in [3.05, 3.63) is 48.6 Å². The molecule has 0 fully saturated rings. The average Bonchev–Trinajstić information content (AvgIpc) is 3.21. The smallest absolute Gasteiger partial charge is 0.362 e. The number of esters is 2. The van der Waals surface area contributed by atoms with Crippen molar-refractivity contribution in [2.45, 2.75) is 225 Å². The zero-order valence-electron chi connectivity index (χ0n) is 39.7. The number of rotatable bonds is 44. The van der Waals surface area contributed by atoms with Gasteiger partial charge in [0, 0.05) is 19.3 Å². The molecular weight excluding hydrogens is 751 g/mol. The van der Waals surface area contributed by atoms with E-state index in [4.69, 9.17) is 14.2 Å². The number of aliphatic carboxylic acids is 1. The molecule has 0 heterocycles. The maximum atomic E-state index is 12.8. The van der Waals surface area contributed by atoms with Gasteiger partial charge in [0.1, 0.15) is 6.61 Å². The molecular formula is C52H94NO7+. The van der Waals surface area contributed by atoms with Crippen molar-refractivity contribution in [1.82, 2.24) is 0 Å². The summed E-state index contributed by atoms with van der Waals surface area (Å²) in [6, 6.07) is -0.616. The highest BCUT2D eigenvalue weighted by molar-refractivity contribution is 5.72. The van der Waals surface area contributed by atoms with Crippen LogP contribution in [0.15, 0.2) is 48.6 Å². The first kappa shape index (κ1) is 57.3. The Labute approximate surface area is 369 Å². The van der Waals surface area contributed by atoms with Crippen molar-refractivity contribution in [3.8, 4) is 0 Å². The van der Waals surface area contributed by atoms with Gasteiger partial charge in [0.15, 0.2) is 12.1 Å². The van der Waals surface area contributed by atoms with E-state index in [-0.39, 0.29) is 36.2 Å². The fourth-order valence-corrected chi connectivity index (χ4v) is 7.20. The molecule has 0 bridgehead atoms. The minimum absolute atomic E-state index is 0.0523. The Morgan fingerprint density at radius 1 is 0.517 bits per heavy atom. The highest BCUT2D eigenvalue weighted by Gasteiger charge is 2.31. The van der Waals surface area contributed by atoms with Crippen LogP contribution in [0.5, 0.6) is 0 Å². The number of carboxylic acid groups (broad SMARTS) is 1. The van der Waals surface area contributed by atoms with E-state index in [1.54, 1.807) is 0 Å². The van der Waals surface area contributed by atoms with Crippen LogP contribution in [0, 0.1) is 0 Å². The number of hydrogen-bond donors (Lipinski definition) is 1. The molecule has 2 atom stereocenters. The van der Waals surface area contributed by atoms with Crippen molar-refractivity contribution in [1.29, 1.82) is 0 Å². The molecule has 0 saturated heterocycles. The van der Waals surface area contributed by atoms with Crippen LogP contribution in [0.25, 0.3) is 0 Å². The first-order valence-electron chi connectivity index (χ1n) is 24.7. The second-order valence-electron chi connectivity index (χ2n) is 17.7. The van der Waals surface area contributed by atoms with Gasteiger partial charge in [-0.05, 0) is 51.4 Å². The second-order valence-corrected chi connectivity index (χ2v) is 17.7. The molecule has 0 saturated carbocycles. The van der Waals surface area contributed by atoms with E-state index in [0.717, 1.165) is 70.6 Å². The van der Waals surface area contributed by atoms with Gasteiger partial charge in [-0.25, -0.2) is 4.79 Å². The quantitative estimate of drug-likeness (QED) is 0.0282. The summed E-state index contributed by atoms with van der Waals surface area (Å²) in [6.45, 7) is 4.64. The predicted octanol–water partition coefficient (Wildman–Crippen LogP) is 14.0. The number of carbonyl (C=O) groups is 3. The number of quaternary nitrogens is 1. The largest absolute Gasteiger partial charge is 0.477 e. The Hall–Kier alpha value is -2.71. The predicted molar refractivity (Wildman–Crippen MR) is 252 cm³/mol. The van der Waals surface area contributed by atoms with Gasteiger partial charge >= 0.3 is 17.9 Å². The fraction of sp³-hybridized carbons (Fsp3) is 0.788. The minimum Gasteiger partial charge on any atom is -0.477 e. The molecule has 348 valence electrons. The lowest BCUT2D eigenvalue weighted by Crippen LogP contribution is -2.50. The molecule has 0 aromatic heterocycles. The number of ether oxygens (including phenoxy) is 3. The van der Waals surface area contributed by atoms with Gasteiger partial charge in [-0.1, -0.05) is 191 Å². The summed E-state index contributed by atoms with van der Waals surface area (Å²) < 4.78 is 17.3. The molecule has 2 unspecified atom stereocenters. The summed E-state index contributed by atoms with van der Waals surface area (Å²) in [5, 5.41) is 9.64. The van der Waals surface area contributed by atoms with Crippen LogP contribution in [-0.2, 0) is 28.6 Å². The fourth-order valence-electron chi connectivity index (χ4n) is 7.20. The standard InChI is InChI=1S/C52H93NO7/c1-6-8-10-12-14-16-18-20-22-23-24-25-26-27-29-31-33-35-37-39-41-43-51(55)60-48(46-58-45-44-49(52(56)57)53(3,4)5)47-59-50(54)42-40-38-36-34-32-30-28-21-19-17-15-13-11-9-7-2/h8,10,14,16,20,22,24-25,48-49H,6-7,9,11-13,15,17-19,21,23,26-47H2,1-5H3/p+1/b10-8-,16-14-,22-20-,25-24-. The van der Waals surface area contributed by atoms with Crippen LogP contribution in [0.1, 0.15) is 213 Å². The maximum absolute atomic E-state index is 12.8. The molecule has 0 aliphatic carbocycles. The molecule has 0 aromatic carbocycles. The number of carbonyl (C=O) groups excluding carboxylic acids is 2. The van der Waals surface area contributed by atoms with Gasteiger partial charge in [-0.15, -0.1) is 0 Å². The van der Waals surface area contributed by atoms with Gasteiger partial charge in [-0.2, -0.15) is 0 Å². The highest BCUT2D eigenvalue weighted by atomic mass is 16.6. The van der Waals surface area contributed by atoms with Crippen molar-refractivity contribution < 1.29 is 38.2 Å². The molecule has 0 amide bonds. The summed E-state index contributed by atoms with van der Waals surface area (Å²) in [7, 11) is 5.53. The van der Waals surface area contributed by atoms with E-state index in [0.29, 0.717) is 19.3 Å². The van der Waals surface area contributed by atoms with Crippen LogP contribution in [0.3, 0.4) is 0 Å². The molecule has 0 spiro atoms. The summed E-state index contributed by atoms with van der Waals surface area (Å²) in [4.78, 5) is 37.1. The monoisotopic (exact) mass is 845 g/mol. The molecule has 0 radical (unpaired) electrons. The normalized spacial score (nSPS) is 13.3. The van der Waals surface area contributed by atoms with Crippen LogP contribution in [0.2, 0.25) is 0 Å². The van der Waals surface area contributed by atoms with E-state index in [9.17, 15) is 19.5 Å². The number of likely N-dealkylation sites (N-methyl/N-ethyl adjacent to an activating group) is 1. The third kappa shape index (κ3) is 40.7. The molecule has 8 heteroatoms. The SMILES string of the molecule is CC/C=C\C/C=C\C/C=C\C/C=C\CCCCCCCCCCC(=O)OC(COCCC(C(=O)O)[N+](C)(C)C)COC(=O)CCCCCCCCCCCCCCCCC. The number of nitrogens with zero attached hydrogens (tertiary/aromatic N) is 1. The van der Waals surface area contributed by atoms with Crippen molar-refractivity contribution in [3.63, 3.8) is 0 Å². The third-order valence-corrected chi connectivity index (χ3v) is 11.0. The molecule has 1 N–H and O–H groups in total. The number of hydrogen-bond acceptors (Lipinski definition) is 6.